The molecule has 0 aliphatic carbocycles. The highest BCUT2D eigenvalue weighted by Gasteiger charge is 2.21. The summed E-state index contributed by atoms with van der Waals surface area (Å²) in [6.45, 7) is 1.95. The number of imidazole rings is 1. The van der Waals surface area contributed by atoms with E-state index in [-0.39, 0.29) is 17.4 Å². The first-order valence-electron chi connectivity index (χ1n) is 7.82. The zero-order valence-electron chi connectivity index (χ0n) is 14.1. The molecule has 4 aromatic heterocycles. The van der Waals surface area contributed by atoms with Crippen molar-refractivity contribution < 1.29 is 9.21 Å². The van der Waals surface area contributed by atoms with Crippen LogP contribution in [0.1, 0.15) is 16.2 Å². The van der Waals surface area contributed by atoms with Crippen molar-refractivity contribution in [1.29, 1.82) is 0 Å². The van der Waals surface area contributed by atoms with Crippen LogP contribution in [0.2, 0.25) is 0 Å². The number of hydrogen-bond acceptors (Lipinski definition) is 7. The minimum absolute atomic E-state index is 0.00110. The number of nitrogens with zero attached hydrogens (tertiary/aromatic N) is 5. The van der Waals surface area contributed by atoms with Gasteiger partial charge in [0.2, 0.25) is 5.89 Å². The molecular weight excluding hydrogens is 334 g/mol. The van der Waals surface area contributed by atoms with Crippen LogP contribution in [-0.2, 0) is 0 Å². The molecule has 130 valence electrons. The van der Waals surface area contributed by atoms with Crippen LogP contribution in [0.4, 0.5) is 5.82 Å². The second-order valence-corrected chi connectivity index (χ2v) is 5.62. The highest BCUT2D eigenvalue weighted by Crippen LogP contribution is 2.30. The predicted molar refractivity (Wildman–Crippen MR) is 94.3 cm³/mol. The smallest absolute Gasteiger partial charge is 0.273 e. The number of fused-ring (bicyclic) bond motifs is 1. The average Bonchev–Trinajstić information content (AvgIpc) is 3.31. The van der Waals surface area contributed by atoms with E-state index in [1.54, 1.807) is 6.20 Å². The molecule has 0 aliphatic heterocycles. The fourth-order valence-corrected chi connectivity index (χ4v) is 2.67. The molecule has 26 heavy (non-hydrogen) atoms. The summed E-state index contributed by atoms with van der Waals surface area (Å²) in [5.41, 5.74) is 9.27. The van der Waals surface area contributed by atoms with E-state index < -0.39 is 5.91 Å². The van der Waals surface area contributed by atoms with Crippen LogP contribution in [0.3, 0.4) is 0 Å². The molecule has 0 fully saturated rings. The van der Waals surface area contributed by atoms with E-state index in [4.69, 9.17) is 10.2 Å². The number of aryl methyl sites for hydroxylation is 1. The molecule has 0 aliphatic rings. The topological polar surface area (TPSA) is 124 Å². The van der Waals surface area contributed by atoms with Crippen LogP contribution in [0, 0.1) is 6.92 Å². The third kappa shape index (κ3) is 2.46. The maximum absolute atomic E-state index is 12.1. The molecule has 0 spiro atoms. The molecular formula is C17H15N7O2. The molecule has 0 aromatic carbocycles. The summed E-state index contributed by atoms with van der Waals surface area (Å²) in [7, 11) is 1.51. The van der Waals surface area contributed by atoms with Crippen molar-refractivity contribution in [3.63, 3.8) is 0 Å². The van der Waals surface area contributed by atoms with Crippen molar-refractivity contribution in [2.75, 3.05) is 12.8 Å². The number of carbonyl (C=O) groups excluding carboxylic acids is 1. The zero-order valence-corrected chi connectivity index (χ0v) is 14.1. The number of nitrogens with one attached hydrogen (secondary N) is 1. The van der Waals surface area contributed by atoms with E-state index in [0.717, 1.165) is 16.9 Å². The number of pyridine rings is 1. The second kappa shape index (κ2) is 5.96. The number of oxazole rings is 1. The Morgan fingerprint density at radius 3 is 2.81 bits per heavy atom. The quantitative estimate of drug-likeness (QED) is 0.577. The highest BCUT2D eigenvalue weighted by atomic mass is 16.3. The average molecular weight is 349 g/mol. The molecule has 9 heteroatoms. The summed E-state index contributed by atoms with van der Waals surface area (Å²) in [6.07, 6.45) is 6.59. The van der Waals surface area contributed by atoms with E-state index in [1.165, 1.54) is 19.5 Å². The van der Waals surface area contributed by atoms with Crippen LogP contribution >= 0.6 is 0 Å². The van der Waals surface area contributed by atoms with Crippen molar-refractivity contribution in [3.8, 4) is 22.8 Å². The largest absolute Gasteiger partial charge is 0.443 e. The first-order chi connectivity index (χ1) is 12.6. The number of nitrogens with two attached hydrogens (primary N) is 1. The lowest BCUT2D eigenvalue weighted by Crippen LogP contribution is -2.22. The van der Waals surface area contributed by atoms with Gasteiger partial charge in [-0.05, 0) is 19.1 Å². The van der Waals surface area contributed by atoms with Crippen LogP contribution in [-0.4, -0.2) is 37.3 Å². The van der Waals surface area contributed by atoms with E-state index in [2.05, 4.69) is 25.3 Å². The van der Waals surface area contributed by atoms with Gasteiger partial charge in [0.15, 0.2) is 17.2 Å². The third-order valence-corrected chi connectivity index (χ3v) is 3.96. The third-order valence-electron chi connectivity index (χ3n) is 3.96. The Bertz CT molecular complexity index is 1120. The molecule has 9 nitrogen and oxygen atoms in total. The summed E-state index contributed by atoms with van der Waals surface area (Å²) in [5.74, 6) is -0.151. The number of carbonyl (C=O) groups is 1. The lowest BCUT2D eigenvalue weighted by atomic mass is 10.1. The maximum atomic E-state index is 12.1. The normalized spacial score (nSPS) is 11.0. The van der Waals surface area contributed by atoms with E-state index >= 15 is 0 Å². The van der Waals surface area contributed by atoms with Crippen molar-refractivity contribution >= 4 is 17.4 Å². The summed E-state index contributed by atoms with van der Waals surface area (Å²) >= 11 is 0. The van der Waals surface area contributed by atoms with Crippen molar-refractivity contribution in [1.82, 2.24) is 29.7 Å². The van der Waals surface area contributed by atoms with Gasteiger partial charge >= 0.3 is 0 Å². The Balaban J connectivity index is 1.99. The number of hydrogen-bond donors (Lipinski definition) is 2. The summed E-state index contributed by atoms with van der Waals surface area (Å²) in [5, 5.41) is 2.51. The maximum Gasteiger partial charge on any atom is 0.273 e. The van der Waals surface area contributed by atoms with Gasteiger partial charge in [-0.2, -0.15) is 0 Å². The molecule has 0 atom stereocenters. The molecule has 0 saturated carbocycles. The van der Waals surface area contributed by atoms with Crippen LogP contribution in [0.5, 0.6) is 0 Å². The fraction of sp³-hybridized carbons (Fsp3) is 0.118. The monoisotopic (exact) mass is 349 g/mol. The van der Waals surface area contributed by atoms with Gasteiger partial charge in [0, 0.05) is 30.7 Å². The second-order valence-electron chi connectivity index (χ2n) is 5.62. The zero-order chi connectivity index (χ0) is 18.3. The first kappa shape index (κ1) is 15.8. The molecule has 3 N–H and O–H groups in total. The van der Waals surface area contributed by atoms with Crippen LogP contribution < -0.4 is 11.1 Å². The lowest BCUT2D eigenvalue weighted by Gasteiger charge is -2.11. The molecule has 4 heterocycles. The predicted octanol–water partition coefficient (Wildman–Crippen LogP) is 1.70. The molecule has 4 aromatic rings. The van der Waals surface area contributed by atoms with Gasteiger partial charge in [-0.15, -0.1) is 0 Å². The molecule has 1 amide bonds. The number of aromatic nitrogens is 5. The van der Waals surface area contributed by atoms with Gasteiger partial charge in [0.1, 0.15) is 17.6 Å². The highest BCUT2D eigenvalue weighted by molar-refractivity contribution is 5.97. The van der Waals surface area contributed by atoms with E-state index in [1.807, 2.05) is 29.7 Å². The number of nitrogen functional groups attached to an aromatic ring is 1. The molecule has 0 saturated heterocycles. The summed E-state index contributed by atoms with van der Waals surface area (Å²) in [6, 6.07) is 3.71. The van der Waals surface area contributed by atoms with Crippen molar-refractivity contribution in [3.05, 3.63) is 48.4 Å². The minimum Gasteiger partial charge on any atom is -0.443 e. The van der Waals surface area contributed by atoms with E-state index in [0.29, 0.717) is 11.4 Å². The SMILES string of the molecule is CNC(=O)c1nc(-c2ccc3ncc(C)n3c2)c(-c2ncco2)nc1N. The number of amides is 1. The van der Waals surface area contributed by atoms with Crippen molar-refractivity contribution in [2.45, 2.75) is 6.92 Å². The number of anilines is 1. The van der Waals surface area contributed by atoms with Crippen LogP contribution in [0.25, 0.3) is 28.5 Å². The Kier molecular flexibility index (Phi) is 3.61. The Labute approximate surface area is 147 Å². The molecule has 0 bridgehead atoms. The van der Waals surface area contributed by atoms with Crippen LogP contribution in [0.15, 0.2) is 41.4 Å². The van der Waals surface area contributed by atoms with Gasteiger partial charge in [-0.25, -0.2) is 19.9 Å². The first-order valence-corrected chi connectivity index (χ1v) is 7.82. The standard InChI is InChI=1S/C17H15N7O2/c1-9-7-21-11-4-3-10(8-24(9)11)12-13(17-20-5-6-26-17)23-15(18)14(22-12)16(25)19-2/h3-8H,1-2H3,(H2,18,23)(H,19,25). The Hall–Kier alpha value is -3.75. The minimum atomic E-state index is -0.421. The summed E-state index contributed by atoms with van der Waals surface area (Å²) < 4.78 is 7.29. The lowest BCUT2D eigenvalue weighted by molar-refractivity contribution is 0.0959. The number of rotatable bonds is 3. The molecule has 4 rings (SSSR count). The Morgan fingerprint density at radius 1 is 1.23 bits per heavy atom. The van der Waals surface area contributed by atoms with Gasteiger partial charge < -0.3 is 19.9 Å². The van der Waals surface area contributed by atoms with Gasteiger partial charge in [-0.3, -0.25) is 4.79 Å². The van der Waals surface area contributed by atoms with Crippen molar-refractivity contribution in [2.24, 2.45) is 0 Å². The summed E-state index contributed by atoms with van der Waals surface area (Å²) in [4.78, 5) is 29.3. The molecule has 0 unspecified atom stereocenters. The van der Waals surface area contributed by atoms with E-state index in [9.17, 15) is 4.79 Å². The molecule has 0 radical (unpaired) electrons. The Morgan fingerprint density at radius 2 is 2.08 bits per heavy atom. The van der Waals surface area contributed by atoms with Gasteiger partial charge in [0.05, 0.1) is 6.20 Å². The van der Waals surface area contributed by atoms with Gasteiger partial charge in [-0.1, -0.05) is 0 Å². The van der Waals surface area contributed by atoms with Gasteiger partial charge in [0.25, 0.3) is 5.91 Å². The fourth-order valence-electron chi connectivity index (χ4n) is 2.67.